The average Bonchev–Trinajstić information content (AvgIpc) is 2.29. The molecule has 2 rings (SSSR count). The van der Waals surface area contributed by atoms with Crippen LogP contribution in [0.1, 0.15) is 12.6 Å². The molecular weight excluding hydrogens is 238 g/mol. The Morgan fingerprint density at radius 3 is 3.19 bits per heavy atom. The van der Waals surface area contributed by atoms with Crippen LogP contribution in [0.3, 0.4) is 0 Å². The molecule has 0 aromatic carbocycles. The first kappa shape index (κ1) is 11.7. The SMILES string of the molecule is CC1CN(c2ccnc(C(N)=S)c2)CCS1. The highest BCUT2D eigenvalue weighted by atomic mass is 32.2. The van der Waals surface area contributed by atoms with Gasteiger partial charge in [-0.1, -0.05) is 19.1 Å². The van der Waals surface area contributed by atoms with Crippen LogP contribution in [0.5, 0.6) is 0 Å². The van der Waals surface area contributed by atoms with Gasteiger partial charge in [-0.05, 0) is 12.1 Å². The van der Waals surface area contributed by atoms with E-state index in [2.05, 4.69) is 16.8 Å². The van der Waals surface area contributed by atoms with Gasteiger partial charge in [0.25, 0.3) is 0 Å². The number of nitrogens with zero attached hydrogens (tertiary/aromatic N) is 2. The van der Waals surface area contributed by atoms with Crippen molar-refractivity contribution in [2.45, 2.75) is 12.2 Å². The van der Waals surface area contributed by atoms with E-state index in [1.54, 1.807) is 6.20 Å². The zero-order valence-electron chi connectivity index (χ0n) is 9.22. The second-order valence-corrected chi connectivity index (χ2v) is 5.88. The summed E-state index contributed by atoms with van der Waals surface area (Å²) in [5.74, 6) is 1.17. The van der Waals surface area contributed by atoms with Gasteiger partial charge in [-0.15, -0.1) is 0 Å². The summed E-state index contributed by atoms with van der Waals surface area (Å²) in [7, 11) is 0. The van der Waals surface area contributed by atoms with Crippen molar-refractivity contribution in [3.63, 3.8) is 0 Å². The van der Waals surface area contributed by atoms with Crippen LogP contribution in [0, 0.1) is 0 Å². The molecule has 2 heterocycles. The molecule has 3 nitrogen and oxygen atoms in total. The summed E-state index contributed by atoms with van der Waals surface area (Å²) in [5.41, 5.74) is 7.46. The van der Waals surface area contributed by atoms with Gasteiger partial charge in [0, 0.05) is 36.0 Å². The Morgan fingerprint density at radius 1 is 1.69 bits per heavy atom. The van der Waals surface area contributed by atoms with Crippen molar-refractivity contribution >= 4 is 34.7 Å². The molecule has 1 aliphatic rings. The van der Waals surface area contributed by atoms with Crippen LogP contribution in [-0.2, 0) is 0 Å². The first-order valence-electron chi connectivity index (χ1n) is 5.29. The van der Waals surface area contributed by atoms with Gasteiger partial charge in [0.05, 0.1) is 5.69 Å². The zero-order chi connectivity index (χ0) is 11.5. The molecule has 1 saturated heterocycles. The summed E-state index contributed by atoms with van der Waals surface area (Å²) in [6, 6.07) is 4.00. The highest BCUT2D eigenvalue weighted by Crippen LogP contribution is 2.23. The van der Waals surface area contributed by atoms with E-state index in [4.69, 9.17) is 18.0 Å². The van der Waals surface area contributed by atoms with Crippen molar-refractivity contribution in [1.29, 1.82) is 0 Å². The van der Waals surface area contributed by atoms with Crippen LogP contribution in [0.2, 0.25) is 0 Å². The summed E-state index contributed by atoms with van der Waals surface area (Å²) < 4.78 is 0. The summed E-state index contributed by atoms with van der Waals surface area (Å²) in [6.07, 6.45) is 1.77. The van der Waals surface area contributed by atoms with E-state index >= 15 is 0 Å². The minimum absolute atomic E-state index is 0.362. The summed E-state index contributed by atoms with van der Waals surface area (Å²) in [4.78, 5) is 6.88. The minimum Gasteiger partial charge on any atom is -0.388 e. The molecule has 0 amide bonds. The predicted molar refractivity (Wildman–Crippen MR) is 74.3 cm³/mol. The van der Waals surface area contributed by atoms with Crippen molar-refractivity contribution in [3.05, 3.63) is 24.0 Å². The molecule has 1 aromatic rings. The zero-order valence-corrected chi connectivity index (χ0v) is 10.9. The molecular formula is C11H15N3S2. The fourth-order valence-electron chi connectivity index (χ4n) is 1.80. The first-order valence-corrected chi connectivity index (χ1v) is 6.75. The lowest BCUT2D eigenvalue weighted by Gasteiger charge is -2.32. The highest BCUT2D eigenvalue weighted by Gasteiger charge is 2.17. The number of nitrogens with two attached hydrogens (primary N) is 1. The van der Waals surface area contributed by atoms with Gasteiger partial charge in [0.1, 0.15) is 4.99 Å². The molecule has 1 unspecified atom stereocenters. The quantitative estimate of drug-likeness (QED) is 0.812. The third-order valence-electron chi connectivity index (χ3n) is 2.60. The molecule has 5 heteroatoms. The molecule has 0 radical (unpaired) electrons. The largest absolute Gasteiger partial charge is 0.388 e. The van der Waals surface area contributed by atoms with Crippen LogP contribution >= 0.6 is 24.0 Å². The fourth-order valence-corrected chi connectivity index (χ4v) is 2.93. The van der Waals surface area contributed by atoms with E-state index in [-0.39, 0.29) is 0 Å². The third kappa shape index (κ3) is 2.65. The normalized spacial score (nSPS) is 20.8. The van der Waals surface area contributed by atoms with E-state index in [9.17, 15) is 0 Å². The van der Waals surface area contributed by atoms with E-state index in [1.165, 1.54) is 11.4 Å². The Morgan fingerprint density at radius 2 is 2.50 bits per heavy atom. The molecule has 2 N–H and O–H groups in total. The van der Waals surface area contributed by atoms with Crippen LogP contribution in [-0.4, -0.2) is 34.1 Å². The van der Waals surface area contributed by atoms with Crippen LogP contribution in [0.25, 0.3) is 0 Å². The maximum atomic E-state index is 5.59. The number of hydrogen-bond donors (Lipinski definition) is 1. The predicted octanol–water partition coefficient (Wildman–Crippen LogP) is 1.66. The van der Waals surface area contributed by atoms with Crippen molar-refractivity contribution in [1.82, 2.24) is 4.98 Å². The maximum Gasteiger partial charge on any atom is 0.122 e. The Bertz CT molecular complexity index is 395. The lowest BCUT2D eigenvalue weighted by Crippen LogP contribution is -2.36. The highest BCUT2D eigenvalue weighted by molar-refractivity contribution is 8.00. The molecule has 1 aliphatic heterocycles. The molecule has 1 aromatic heterocycles. The van der Waals surface area contributed by atoms with Gasteiger partial charge in [0.15, 0.2) is 0 Å². The molecule has 0 saturated carbocycles. The molecule has 86 valence electrons. The van der Waals surface area contributed by atoms with Gasteiger partial charge >= 0.3 is 0 Å². The number of pyridine rings is 1. The summed E-state index contributed by atoms with van der Waals surface area (Å²) in [5, 5.41) is 0.676. The Hall–Kier alpha value is -0.810. The fraction of sp³-hybridized carbons (Fsp3) is 0.455. The Labute approximate surface area is 105 Å². The van der Waals surface area contributed by atoms with Crippen molar-refractivity contribution in [2.24, 2.45) is 5.73 Å². The molecule has 16 heavy (non-hydrogen) atoms. The van der Waals surface area contributed by atoms with Gasteiger partial charge in [-0.2, -0.15) is 11.8 Å². The Kier molecular flexibility index (Phi) is 3.66. The van der Waals surface area contributed by atoms with E-state index in [0.29, 0.717) is 15.9 Å². The molecule has 0 aliphatic carbocycles. The Balaban J connectivity index is 2.19. The smallest absolute Gasteiger partial charge is 0.122 e. The van der Waals surface area contributed by atoms with E-state index < -0.39 is 0 Å². The van der Waals surface area contributed by atoms with Gasteiger partial charge < -0.3 is 10.6 Å². The van der Waals surface area contributed by atoms with Gasteiger partial charge in [-0.25, -0.2) is 0 Å². The molecule has 1 atom stereocenters. The molecule has 0 spiro atoms. The summed E-state index contributed by atoms with van der Waals surface area (Å²) in [6.45, 7) is 4.41. The second kappa shape index (κ2) is 5.01. The lowest BCUT2D eigenvalue weighted by molar-refractivity contribution is 0.782. The van der Waals surface area contributed by atoms with Gasteiger partial charge in [-0.3, -0.25) is 4.98 Å². The van der Waals surface area contributed by atoms with Crippen LogP contribution in [0.15, 0.2) is 18.3 Å². The minimum atomic E-state index is 0.362. The standard InChI is InChI=1S/C11H15N3S2/c1-8-7-14(4-5-16-8)9-2-3-13-10(6-9)11(12)15/h2-3,6,8H,4-5,7H2,1H3,(H2,12,15). The van der Waals surface area contributed by atoms with Crippen LogP contribution < -0.4 is 10.6 Å². The molecule has 1 fully saturated rings. The lowest BCUT2D eigenvalue weighted by atomic mass is 10.2. The number of aromatic nitrogens is 1. The maximum absolute atomic E-state index is 5.59. The summed E-state index contributed by atoms with van der Waals surface area (Å²) >= 11 is 6.96. The first-order chi connectivity index (χ1) is 7.66. The topological polar surface area (TPSA) is 42.2 Å². The van der Waals surface area contributed by atoms with Crippen molar-refractivity contribution < 1.29 is 0 Å². The van der Waals surface area contributed by atoms with Crippen molar-refractivity contribution in [3.8, 4) is 0 Å². The van der Waals surface area contributed by atoms with E-state index in [0.717, 1.165) is 13.1 Å². The third-order valence-corrected chi connectivity index (χ3v) is 3.95. The number of hydrogen-bond acceptors (Lipinski definition) is 4. The van der Waals surface area contributed by atoms with Crippen LogP contribution in [0.4, 0.5) is 5.69 Å². The monoisotopic (exact) mass is 253 g/mol. The van der Waals surface area contributed by atoms with E-state index in [1.807, 2.05) is 23.9 Å². The van der Waals surface area contributed by atoms with Gasteiger partial charge in [0.2, 0.25) is 0 Å². The number of thioether (sulfide) groups is 1. The number of anilines is 1. The molecule has 0 bridgehead atoms. The van der Waals surface area contributed by atoms with Crippen molar-refractivity contribution in [2.75, 3.05) is 23.7 Å². The average molecular weight is 253 g/mol. The second-order valence-electron chi connectivity index (χ2n) is 3.89. The number of thiocarbonyl (C=S) groups is 1. The number of rotatable bonds is 2.